The summed E-state index contributed by atoms with van der Waals surface area (Å²) in [7, 11) is -2.92. The fraction of sp³-hybridized carbons (Fsp3) is 0.917. The summed E-state index contributed by atoms with van der Waals surface area (Å²) in [5.41, 5.74) is 0. The van der Waals surface area contributed by atoms with E-state index < -0.39 is 9.84 Å². The molecule has 1 atom stereocenters. The van der Waals surface area contributed by atoms with Gasteiger partial charge < -0.3 is 5.32 Å². The first-order chi connectivity index (χ1) is 8.07. The highest BCUT2D eigenvalue weighted by atomic mass is 32.2. The van der Waals surface area contributed by atoms with Crippen LogP contribution in [-0.2, 0) is 14.6 Å². The lowest BCUT2D eigenvalue weighted by Gasteiger charge is -2.26. The summed E-state index contributed by atoms with van der Waals surface area (Å²) in [6, 6.07) is -0.150. The first-order valence-electron chi connectivity index (χ1n) is 6.53. The summed E-state index contributed by atoms with van der Waals surface area (Å²) in [5.74, 6) is 0.793. The number of sulfone groups is 1. The van der Waals surface area contributed by atoms with Crippen LogP contribution in [0, 0.1) is 5.92 Å². The molecule has 1 heterocycles. The number of Topliss-reactive ketones (excluding diaryl/α,β-unsaturated/α-hetero) is 1. The molecule has 0 aromatic rings. The first-order valence-corrected chi connectivity index (χ1v) is 8.35. The minimum absolute atomic E-state index is 0.130. The molecule has 1 unspecified atom stereocenters. The van der Waals surface area contributed by atoms with Crippen LogP contribution in [0.3, 0.4) is 0 Å². The SMILES string of the molecule is O=C(CC1CS(=O)(=O)CCN1)C1CCCCC1. The summed E-state index contributed by atoms with van der Waals surface area (Å²) >= 11 is 0. The van der Waals surface area contributed by atoms with Crippen molar-refractivity contribution in [3.63, 3.8) is 0 Å². The van der Waals surface area contributed by atoms with E-state index in [9.17, 15) is 13.2 Å². The number of rotatable bonds is 3. The highest BCUT2D eigenvalue weighted by molar-refractivity contribution is 7.91. The van der Waals surface area contributed by atoms with E-state index in [2.05, 4.69) is 5.32 Å². The van der Waals surface area contributed by atoms with Crippen molar-refractivity contribution in [2.24, 2.45) is 5.92 Å². The molecule has 1 saturated heterocycles. The topological polar surface area (TPSA) is 63.2 Å². The summed E-state index contributed by atoms with van der Waals surface area (Å²) < 4.78 is 22.9. The van der Waals surface area contributed by atoms with Crippen LogP contribution in [0.2, 0.25) is 0 Å². The lowest BCUT2D eigenvalue weighted by atomic mass is 9.84. The third-order valence-electron chi connectivity index (χ3n) is 3.81. The van der Waals surface area contributed by atoms with Crippen LogP contribution >= 0.6 is 0 Å². The maximum Gasteiger partial charge on any atom is 0.153 e. The van der Waals surface area contributed by atoms with Crippen molar-refractivity contribution < 1.29 is 13.2 Å². The van der Waals surface area contributed by atoms with Crippen LogP contribution in [0.1, 0.15) is 38.5 Å². The summed E-state index contributed by atoms with van der Waals surface area (Å²) in [6.07, 6.45) is 5.92. The van der Waals surface area contributed by atoms with Gasteiger partial charge in [0.15, 0.2) is 9.84 Å². The van der Waals surface area contributed by atoms with Crippen molar-refractivity contribution in [3.05, 3.63) is 0 Å². The van der Waals surface area contributed by atoms with Gasteiger partial charge in [-0.3, -0.25) is 4.79 Å². The number of hydrogen-bond acceptors (Lipinski definition) is 4. The molecule has 0 aromatic carbocycles. The van der Waals surface area contributed by atoms with Gasteiger partial charge in [-0.15, -0.1) is 0 Å². The van der Waals surface area contributed by atoms with Crippen molar-refractivity contribution in [2.45, 2.75) is 44.6 Å². The Bertz CT molecular complexity index is 371. The minimum atomic E-state index is -2.92. The Morgan fingerprint density at radius 1 is 1.18 bits per heavy atom. The third-order valence-corrected chi connectivity index (χ3v) is 5.55. The van der Waals surface area contributed by atoms with Crippen LogP contribution < -0.4 is 5.32 Å². The van der Waals surface area contributed by atoms with Crippen molar-refractivity contribution in [1.29, 1.82) is 0 Å². The summed E-state index contributed by atoms with van der Waals surface area (Å²) in [6.45, 7) is 0.491. The number of carbonyl (C=O) groups is 1. The quantitative estimate of drug-likeness (QED) is 0.818. The predicted molar refractivity (Wildman–Crippen MR) is 66.6 cm³/mol. The summed E-state index contributed by atoms with van der Waals surface area (Å²) in [5, 5.41) is 3.14. The molecule has 5 heteroatoms. The summed E-state index contributed by atoms with van der Waals surface area (Å²) in [4.78, 5) is 12.0. The average molecular weight is 259 g/mol. The van der Waals surface area contributed by atoms with Crippen molar-refractivity contribution in [3.8, 4) is 0 Å². The molecular formula is C12H21NO3S. The maximum absolute atomic E-state index is 12.0. The van der Waals surface area contributed by atoms with E-state index in [1.807, 2.05) is 0 Å². The fourth-order valence-corrected chi connectivity index (χ4v) is 4.28. The van der Waals surface area contributed by atoms with Gasteiger partial charge in [-0.05, 0) is 12.8 Å². The molecule has 0 radical (unpaired) electrons. The van der Waals surface area contributed by atoms with Crippen molar-refractivity contribution >= 4 is 15.6 Å². The molecule has 1 aliphatic heterocycles. The molecule has 98 valence electrons. The highest BCUT2D eigenvalue weighted by Gasteiger charge is 2.29. The normalized spacial score (nSPS) is 30.0. The molecular weight excluding hydrogens is 238 g/mol. The molecule has 0 bridgehead atoms. The molecule has 2 rings (SSSR count). The Labute approximate surface area is 103 Å². The Balaban J connectivity index is 1.85. The molecule has 1 saturated carbocycles. The van der Waals surface area contributed by atoms with E-state index in [4.69, 9.17) is 0 Å². The van der Waals surface area contributed by atoms with Gasteiger partial charge in [-0.25, -0.2) is 8.42 Å². The Kier molecular flexibility index (Phi) is 4.20. The molecule has 2 fully saturated rings. The van der Waals surface area contributed by atoms with Gasteiger partial charge in [0.1, 0.15) is 5.78 Å². The molecule has 1 aliphatic carbocycles. The van der Waals surface area contributed by atoms with E-state index in [-0.39, 0.29) is 29.2 Å². The van der Waals surface area contributed by atoms with Gasteiger partial charge in [0.25, 0.3) is 0 Å². The smallest absolute Gasteiger partial charge is 0.153 e. The van der Waals surface area contributed by atoms with Gasteiger partial charge >= 0.3 is 0 Å². The Morgan fingerprint density at radius 3 is 2.53 bits per heavy atom. The second-order valence-corrected chi connectivity index (χ2v) is 7.50. The third kappa shape index (κ3) is 3.78. The van der Waals surface area contributed by atoms with Gasteiger partial charge in [0, 0.05) is 24.9 Å². The van der Waals surface area contributed by atoms with E-state index >= 15 is 0 Å². The van der Waals surface area contributed by atoms with E-state index in [0.29, 0.717) is 13.0 Å². The molecule has 0 amide bonds. The van der Waals surface area contributed by atoms with Gasteiger partial charge in [0.05, 0.1) is 11.5 Å². The molecule has 0 spiro atoms. The monoisotopic (exact) mass is 259 g/mol. The fourth-order valence-electron chi connectivity index (χ4n) is 2.83. The standard InChI is InChI=1S/C12H21NO3S/c14-12(10-4-2-1-3-5-10)8-11-9-17(15,16)7-6-13-11/h10-11,13H,1-9H2. The zero-order chi connectivity index (χ0) is 12.3. The van der Waals surface area contributed by atoms with Crippen molar-refractivity contribution in [1.82, 2.24) is 5.32 Å². The van der Waals surface area contributed by atoms with Gasteiger partial charge in [0.2, 0.25) is 0 Å². The zero-order valence-electron chi connectivity index (χ0n) is 10.2. The number of nitrogens with one attached hydrogen (secondary N) is 1. The Morgan fingerprint density at radius 2 is 1.88 bits per heavy atom. The molecule has 17 heavy (non-hydrogen) atoms. The van der Waals surface area contributed by atoms with Crippen LogP contribution in [0.5, 0.6) is 0 Å². The van der Waals surface area contributed by atoms with Crippen LogP contribution in [0.4, 0.5) is 0 Å². The first kappa shape index (κ1) is 13.0. The maximum atomic E-state index is 12.0. The van der Waals surface area contributed by atoms with Gasteiger partial charge in [-0.2, -0.15) is 0 Å². The Hall–Kier alpha value is -0.420. The number of ketones is 1. The largest absolute Gasteiger partial charge is 0.312 e. The predicted octanol–water partition coefficient (Wildman–Crippen LogP) is 0.912. The molecule has 4 nitrogen and oxygen atoms in total. The molecule has 0 aromatic heterocycles. The van der Waals surface area contributed by atoms with E-state index in [0.717, 1.165) is 25.7 Å². The lowest BCUT2D eigenvalue weighted by Crippen LogP contribution is -2.46. The van der Waals surface area contributed by atoms with Crippen LogP contribution in [0.25, 0.3) is 0 Å². The second-order valence-electron chi connectivity index (χ2n) is 5.27. The van der Waals surface area contributed by atoms with Gasteiger partial charge in [-0.1, -0.05) is 19.3 Å². The second kappa shape index (κ2) is 5.48. The van der Waals surface area contributed by atoms with Crippen molar-refractivity contribution in [2.75, 3.05) is 18.1 Å². The number of hydrogen-bond donors (Lipinski definition) is 1. The zero-order valence-corrected chi connectivity index (χ0v) is 11.0. The molecule has 1 N–H and O–H groups in total. The van der Waals surface area contributed by atoms with Crippen LogP contribution in [-0.4, -0.2) is 38.3 Å². The van der Waals surface area contributed by atoms with Crippen LogP contribution in [0.15, 0.2) is 0 Å². The molecule has 2 aliphatic rings. The van der Waals surface area contributed by atoms with E-state index in [1.54, 1.807) is 0 Å². The average Bonchev–Trinajstić information content (AvgIpc) is 2.29. The number of carbonyl (C=O) groups excluding carboxylic acids is 1. The lowest BCUT2D eigenvalue weighted by molar-refractivity contribution is -0.124. The van der Waals surface area contributed by atoms with E-state index in [1.165, 1.54) is 6.42 Å². The minimum Gasteiger partial charge on any atom is -0.312 e. The highest BCUT2D eigenvalue weighted by Crippen LogP contribution is 2.26.